The summed E-state index contributed by atoms with van der Waals surface area (Å²) in [6.07, 6.45) is 3.47. The van der Waals surface area contributed by atoms with Crippen LogP contribution in [0.2, 0.25) is 0 Å². The summed E-state index contributed by atoms with van der Waals surface area (Å²) >= 11 is 4.39. The Morgan fingerprint density at radius 1 is 1.18 bits per heavy atom. The molecule has 5 heterocycles. The molecule has 5 aromatic rings. The number of H-pyrrole nitrogens is 1. The van der Waals surface area contributed by atoms with E-state index in [0.717, 1.165) is 39.1 Å². The number of thiophene rings is 2. The molecule has 0 spiro atoms. The molecule has 0 fully saturated rings. The van der Waals surface area contributed by atoms with Crippen molar-refractivity contribution >= 4 is 54.9 Å². The van der Waals surface area contributed by atoms with Gasteiger partial charge in [0.1, 0.15) is 21.2 Å². The first kappa shape index (κ1) is 22.1. The van der Waals surface area contributed by atoms with Crippen molar-refractivity contribution in [3.8, 4) is 11.3 Å². The standard InChI is InChI=1S/C23H22N4O3S3/c1-4-5-8-27-22(29)17-12(2)13(3)33-21(17)26-23(27)32-11-16-24-19(28)18-14(10-31-20(18)25-16)15-7-6-9-30-15/h6-7,9-10H,4-5,8,11H2,1-3H3,(H,24,25,28). The largest absolute Gasteiger partial charge is 0.464 e. The summed E-state index contributed by atoms with van der Waals surface area (Å²) in [6.45, 7) is 6.73. The molecular weight excluding hydrogens is 476 g/mol. The molecule has 33 heavy (non-hydrogen) atoms. The molecule has 0 unspecified atom stereocenters. The lowest BCUT2D eigenvalue weighted by atomic mass is 10.2. The fourth-order valence-corrected chi connectivity index (χ4v) is 6.65. The molecule has 10 heteroatoms. The predicted molar refractivity (Wildman–Crippen MR) is 136 cm³/mol. The highest BCUT2D eigenvalue weighted by Gasteiger charge is 2.18. The third-order valence-electron chi connectivity index (χ3n) is 5.61. The third-order valence-corrected chi connectivity index (χ3v) is 8.57. The van der Waals surface area contributed by atoms with Gasteiger partial charge in [-0.2, -0.15) is 0 Å². The normalized spacial score (nSPS) is 11.7. The van der Waals surface area contributed by atoms with Gasteiger partial charge in [0.25, 0.3) is 11.1 Å². The number of aromatic amines is 1. The smallest absolute Gasteiger partial charge is 0.263 e. The summed E-state index contributed by atoms with van der Waals surface area (Å²) in [7, 11) is 0. The van der Waals surface area contributed by atoms with Crippen LogP contribution >= 0.6 is 34.4 Å². The van der Waals surface area contributed by atoms with E-state index in [1.54, 1.807) is 28.2 Å². The molecule has 0 atom stereocenters. The molecule has 0 saturated heterocycles. The van der Waals surface area contributed by atoms with E-state index in [1.165, 1.54) is 23.1 Å². The van der Waals surface area contributed by atoms with Crippen molar-refractivity contribution in [2.45, 2.75) is 51.1 Å². The van der Waals surface area contributed by atoms with Crippen LogP contribution in [0, 0.1) is 13.8 Å². The number of nitrogens with zero attached hydrogens (tertiary/aromatic N) is 3. The van der Waals surface area contributed by atoms with Gasteiger partial charge < -0.3 is 9.40 Å². The lowest BCUT2D eigenvalue weighted by molar-refractivity contribution is 0.558. The number of hydrogen-bond donors (Lipinski definition) is 1. The topological polar surface area (TPSA) is 93.8 Å². The van der Waals surface area contributed by atoms with Crippen LogP contribution in [-0.2, 0) is 12.3 Å². The zero-order valence-electron chi connectivity index (χ0n) is 18.4. The van der Waals surface area contributed by atoms with Gasteiger partial charge in [0.05, 0.1) is 22.8 Å². The fraction of sp³-hybridized carbons (Fsp3) is 0.304. The molecule has 0 aromatic carbocycles. The number of nitrogens with one attached hydrogen (secondary N) is 1. The summed E-state index contributed by atoms with van der Waals surface area (Å²) in [5, 5.41) is 3.80. The highest BCUT2D eigenvalue weighted by Crippen LogP contribution is 2.32. The first-order chi connectivity index (χ1) is 16.0. The van der Waals surface area contributed by atoms with E-state index in [0.29, 0.717) is 39.3 Å². The number of aryl methyl sites for hydroxylation is 2. The number of thioether (sulfide) groups is 1. The molecule has 0 aliphatic heterocycles. The van der Waals surface area contributed by atoms with Crippen LogP contribution in [0.4, 0.5) is 0 Å². The van der Waals surface area contributed by atoms with Crippen LogP contribution in [0.25, 0.3) is 31.8 Å². The Morgan fingerprint density at radius 3 is 2.79 bits per heavy atom. The molecular formula is C23H22N4O3S3. The minimum atomic E-state index is -0.195. The molecule has 0 bridgehead atoms. The van der Waals surface area contributed by atoms with Gasteiger partial charge in [-0.1, -0.05) is 25.1 Å². The molecule has 170 valence electrons. The van der Waals surface area contributed by atoms with Crippen molar-refractivity contribution in [1.82, 2.24) is 19.5 Å². The molecule has 5 aromatic heterocycles. The van der Waals surface area contributed by atoms with Crippen molar-refractivity contribution < 1.29 is 4.42 Å². The Hall–Kier alpha value is -2.69. The maximum absolute atomic E-state index is 13.3. The van der Waals surface area contributed by atoms with Gasteiger partial charge >= 0.3 is 0 Å². The van der Waals surface area contributed by atoms with Gasteiger partial charge in [0.15, 0.2) is 5.16 Å². The maximum atomic E-state index is 13.3. The first-order valence-electron chi connectivity index (χ1n) is 10.7. The Morgan fingerprint density at radius 2 is 2.03 bits per heavy atom. The summed E-state index contributed by atoms with van der Waals surface area (Å²) in [4.78, 5) is 41.1. The van der Waals surface area contributed by atoms with E-state index < -0.39 is 0 Å². The van der Waals surface area contributed by atoms with Gasteiger partial charge in [0.2, 0.25) is 0 Å². The molecule has 0 radical (unpaired) electrons. The predicted octanol–water partition coefficient (Wildman–Crippen LogP) is 5.73. The third kappa shape index (κ3) is 3.96. The van der Waals surface area contributed by atoms with E-state index in [1.807, 2.05) is 25.3 Å². The van der Waals surface area contributed by atoms with Crippen LogP contribution in [0.1, 0.15) is 36.0 Å². The maximum Gasteiger partial charge on any atom is 0.263 e. The average Bonchev–Trinajstić information content (AvgIpc) is 3.51. The van der Waals surface area contributed by atoms with Crippen molar-refractivity contribution in [2.24, 2.45) is 0 Å². The van der Waals surface area contributed by atoms with E-state index in [2.05, 4.69) is 16.9 Å². The Kier molecular flexibility index (Phi) is 5.98. The number of rotatable bonds is 7. The van der Waals surface area contributed by atoms with Crippen LogP contribution in [0.15, 0.2) is 42.9 Å². The lowest BCUT2D eigenvalue weighted by Gasteiger charge is -2.11. The fourth-order valence-electron chi connectivity index (χ4n) is 3.74. The van der Waals surface area contributed by atoms with Crippen molar-refractivity contribution in [1.29, 1.82) is 0 Å². The van der Waals surface area contributed by atoms with Crippen LogP contribution in [0.3, 0.4) is 0 Å². The van der Waals surface area contributed by atoms with Crippen molar-refractivity contribution in [3.63, 3.8) is 0 Å². The second-order valence-corrected chi connectivity index (χ2v) is 10.8. The van der Waals surface area contributed by atoms with E-state index in [4.69, 9.17) is 9.40 Å². The molecule has 7 nitrogen and oxygen atoms in total. The van der Waals surface area contributed by atoms with Gasteiger partial charge in [-0.25, -0.2) is 9.97 Å². The van der Waals surface area contributed by atoms with Gasteiger partial charge in [-0.3, -0.25) is 14.2 Å². The Balaban J connectivity index is 1.50. The Labute approximate surface area is 201 Å². The first-order valence-corrected chi connectivity index (χ1v) is 13.3. The SMILES string of the molecule is CCCCn1c(SCc2nc3scc(-c4ccco4)c3c(=O)[nH]2)nc2sc(C)c(C)c2c1=O. The molecule has 0 saturated carbocycles. The number of unbranched alkanes of at least 4 members (excludes halogenated alkanes) is 1. The number of hydrogen-bond acceptors (Lipinski definition) is 8. The minimum absolute atomic E-state index is 0.0102. The Bertz CT molecular complexity index is 1570. The van der Waals surface area contributed by atoms with Crippen molar-refractivity contribution in [2.75, 3.05) is 0 Å². The number of aromatic nitrogens is 4. The minimum Gasteiger partial charge on any atom is -0.464 e. The second kappa shape index (κ2) is 8.92. The highest BCUT2D eigenvalue weighted by atomic mass is 32.2. The highest BCUT2D eigenvalue weighted by molar-refractivity contribution is 7.98. The van der Waals surface area contributed by atoms with Crippen molar-refractivity contribution in [3.05, 3.63) is 60.7 Å². The number of fused-ring (bicyclic) bond motifs is 2. The van der Waals surface area contributed by atoms with E-state index in [-0.39, 0.29) is 11.1 Å². The average molecular weight is 499 g/mol. The van der Waals surface area contributed by atoms with Crippen LogP contribution in [0.5, 0.6) is 0 Å². The summed E-state index contributed by atoms with van der Waals surface area (Å²) in [5.74, 6) is 1.61. The van der Waals surface area contributed by atoms with E-state index in [9.17, 15) is 9.59 Å². The van der Waals surface area contributed by atoms with Gasteiger partial charge in [-0.15, -0.1) is 22.7 Å². The second-order valence-electron chi connectivity index (χ2n) is 7.78. The van der Waals surface area contributed by atoms with Gasteiger partial charge in [0, 0.05) is 22.4 Å². The zero-order chi connectivity index (χ0) is 23.1. The molecule has 5 rings (SSSR count). The molecule has 0 aliphatic rings. The number of furan rings is 1. The van der Waals surface area contributed by atoms with Crippen LogP contribution < -0.4 is 11.1 Å². The monoisotopic (exact) mass is 498 g/mol. The van der Waals surface area contributed by atoms with E-state index >= 15 is 0 Å². The summed E-state index contributed by atoms with van der Waals surface area (Å²) < 4.78 is 7.23. The summed E-state index contributed by atoms with van der Waals surface area (Å²) in [5.41, 5.74) is 1.57. The molecule has 0 amide bonds. The summed E-state index contributed by atoms with van der Waals surface area (Å²) in [6, 6.07) is 3.63. The lowest BCUT2D eigenvalue weighted by Crippen LogP contribution is -2.23. The zero-order valence-corrected chi connectivity index (χ0v) is 20.9. The molecule has 0 aliphatic carbocycles. The van der Waals surface area contributed by atoms with Crippen LogP contribution in [-0.4, -0.2) is 19.5 Å². The van der Waals surface area contributed by atoms with Gasteiger partial charge in [-0.05, 0) is 38.0 Å². The quantitative estimate of drug-likeness (QED) is 0.228. The molecule has 1 N–H and O–H groups in total.